The van der Waals surface area contributed by atoms with Crippen molar-refractivity contribution in [3.63, 3.8) is 0 Å². The lowest BCUT2D eigenvalue weighted by atomic mass is 10.3. The highest BCUT2D eigenvalue weighted by molar-refractivity contribution is 14.1. The summed E-state index contributed by atoms with van der Waals surface area (Å²) in [4.78, 5) is -0.486. The highest BCUT2D eigenvalue weighted by Crippen LogP contribution is 2.26. The molecule has 72 valence electrons. The van der Waals surface area contributed by atoms with Gasteiger partial charge in [-0.1, -0.05) is 0 Å². The van der Waals surface area contributed by atoms with Crippen molar-refractivity contribution in [2.24, 2.45) is 5.14 Å². The maximum absolute atomic E-state index is 13.3. The van der Waals surface area contributed by atoms with Gasteiger partial charge in [0.15, 0.2) is 5.82 Å². The highest BCUT2D eigenvalue weighted by Gasteiger charge is 2.17. The van der Waals surface area contributed by atoms with E-state index in [0.29, 0.717) is 4.47 Å². The Morgan fingerprint density at radius 3 is 2.46 bits per heavy atom. The molecule has 0 unspecified atom stereocenters. The second-order valence-electron chi connectivity index (χ2n) is 2.22. The molecule has 0 aliphatic rings. The molecule has 0 bridgehead atoms. The van der Waals surface area contributed by atoms with Crippen molar-refractivity contribution >= 4 is 48.5 Å². The lowest BCUT2D eigenvalue weighted by Crippen LogP contribution is -2.14. The molecule has 0 radical (unpaired) electrons. The van der Waals surface area contributed by atoms with E-state index in [1.807, 2.05) is 0 Å². The van der Waals surface area contributed by atoms with Gasteiger partial charge in [0.1, 0.15) is 4.90 Å². The summed E-state index contributed by atoms with van der Waals surface area (Å²) in [5, 5.41) is 4.79. The van der Waals surface area contributed by atoms with Gasteiger partial charge in [0.05, 0.1) is 3.57 Å². The number of primary sulfonamides is 1. The van der Waals surface area contributed by atoms with Gasteiger partial charge in [0, 0.05) is 4.47 Å². The number of hydrogen-bond donors (Lipinski definition) is 1. The van der Waals surface area contributed by atoms with E-state index >= 15 is 0 Å². The third kappa shape index (κ3) is 2.39. The third-order valence-electron chi connectivity index (χ3n) is 1.31. The average molecular weight is 380 g/mol. The molecule has 0 heterocycles. The first kappa shape index (κ1) is 11.3. The fraction of sp³-hybridized carbons (Fsp3) is 0. The topological polar surface area (TPSA) is 60.2 Å². The monoisotopic (exact) mass is 379 g/mol. The maximum Gasteiger partial charge on any atom is 0.241 e. The zero-order valence-electron chi connectivity index (χ0n) is 6.09. The summed E-state index contributed by atoms with van der Waals surface area (Å²) in [6.07, 6.45) is 0. The number of rotatable bonds is 1. The Morgan fingerprint density at radius 2 is 2.00 bits per heavy atom. The van der Waals surface area contributed by atoms with Gasteiger partial charge in [0.25, 0.3) is 0 Å². The summed E-state index contributed by atoms with van der Waals surface area (Å²) in [6.45, 7) is 0. The van der Waals surface area contributed by atoms with Crippen LogP contribution in [0.4, 0.5) is 4.39 Å². The minimum atomic E-state index is -3.97. The molecule has 0 aliphatic heterocycles. The van der Waals surface area contributed by atoms with Crippen molar-refractivity contribution in [2.45, 2.75) is 4.90 Å². The van der Waals surface area contributed by atoms with Gasteiger partial charge in [0.2, 0.25) is 10.0 Å². The van der Waals surface area contributed by atoms with Crippen molar-refractivity contribution in [3.8, 4) is 0 Å². The first-order valence-corrected chi connectivity index (χ1v) is 6.42. The quantitative estimate of drug-likeness (QED) is 0.597. The third-order valence-corrected chi connectivity index (χ3v) is 4.69. The molecule has 0 atom stereocenters. The summed E-state index contributed by atoms with van der Waals surface area (Å²) >= 11 is 4.76. The van der Waals surface area contributed by atoms with Crippen LogP contribution in [0.25, 0.3) is 0 Å². The van der Waals surface area contributed by atoms with Crippen molar-refractivity contribution in [1.82, 2.24) is 0 Å². The van der Waals surface area contributed by atoms with Gasteiger partial charge in [-0.2, -0.15) is 0 Å². The summed E-state index contributed by atoms with van der Waals surface area (Å²) in [6, 6.07) is 2.56. The first-order valence-electron chi connectivity index (χ1n) is 3.00. The Kier molecular flexibility index (Phi) is 3.31. The largest absolute Gasteiger partial charge is 0.241 e. The molecular weight excluding hydrogens is 376 g/mol. The SMILES string of the molecule is NS(=O)(=O)c1ccc(Br)c(I)c1F. The molecule has 0 saturated heterocycles. The van der Waals surface area contributed by atoms with Crippen LogP contribution >= 0.6 is 38.5 Å². The van der Waals surface area contributed by atoms with Crippen molar-refractivity contribution in [2.75, 3.05) is 0 Å². The number of sulfonamides is 1. The molecule has 0 fully saturated rings. The Balaban J connectivity index is 3.53. The molecule has 1 aromatic rings. The van der Waals surface area contributed by atoms with Gasteiger partial charge in [-0.05, 0) is 50.7 Å². The standard InChI is InChI=1S/C6H4BrFINO2S/c7-3-1-2-4(13(10,11)12)5(8)6(3)9/h1-2H,(H2,10,11,12). The average Bonchev–Trinajstić information content (AvgIpc) is 1.98. The van der Waals surface area contributed by atoms with Crippen molar-refractivity contribution < 1.29 is 12.8 Å². The van der Waals surface area contributed by atoms with Crippen LogP contribution in [-0.4, -0.2) is 8.42 Å². The van der Waals surface area contributed by atoms with Crippen LogP contribution < -0.4 is 5.14 Å². The normalized spacial score (nSPS) is 11.7. The van der Waals surface area contributed by atoms with Crippen LogP contribution in [0, 0.1) is 9.39 Å². The minimum Gasteiger partial charge on any atom is -0.225 e. The summed E-state index contributed by atoms with van der Waals surface area (Å²) in [7, 11) is -3.97. The molecule has 3 nitrogen and oxygen atoms in total. The smallest absolute Gasteiger partial charge is 0.225 e. The molecule has 2 N–H and O–H groups in total. The second-order valence-corrected chi connectivity index (χ2v) is 5.68. The van der Waals surface area contributed by atoms with E-state index in [0.717, 1.165) is 6.07 Å². The van der Waals surface area contributed by atoms with E-state index in [9.17, 15) is 12.8 Å². The zero-order chi connectivity index (χ0) is 10.2. The molecule has 0 spiro atoms. The predicted octanol–water partition coefficient (Wildman–Crippen LogP) is 1.84. The predicted molar refractivity (Wildman–Crippen MR) is 58.2 cm³/mol. The summed E-state index contributed by atoms with van der Waals surface area (Å²) < 4.78 is 35.6. The van der Waals surface area contributed by atoms with E-state index in [1.165, 1.54) is 6.07 Å². The van der Waals surface area contributed by atoms with Crippen LogP contribution in [0.5, 0.6) is 0 Å². The van der Waals surface area contributed by atoms with E-state index < -0.39 is 20.7 Å². The van der Waals surface area contributed by atoms with Crippen LogP contribution in [0.2, 0.25) is 0 Å². The molecule has 1 aromatic carbocycles. The maximum atomic E-state index is 13.3. The fourth-order valence-corrected chi connectivity index (χ4v) is 2.30. The molecule has 0 saturated carbocycles. The van der Waals surface area contributed by atoms with E-state index in [-0.39, 0.29) is 3.57 Å². The van der Waals surface area contributed by atoms with Gasteiger partial charge in [-0.25, -0.2) is 17.9 Å². The van der Waals surface area contributed by atoms with E-state index in [4.69, 9.17) is 5.14 Å². The van der Waals surface area contributed by atoms with Gasteiger partial charge < -0.3 is 0 Å². The fourth-order valence-electron chi connectivity index (χ4n) is 0.728. The van der Waals surface area contributed by atoms with Crippen LogP contribution in [-0.2, 0) is 10.0 Å². The molecule has 0 aliphatic carbocycles. The Labute approximate surface area is 96.8 Å². The van der Waals surface area contributed by atoms with Gasteiger partial charge >= 0.3 is 0 Å². The van der Waals surface area contributed by atoms with Crippen molar-refractivity contribution in [1.29, 1.82) is 0 Å². The van der Waals surface area contributed by atoms with Gasteiger partial charge in [-0.3, -0.25) is 0 Å². The van der Waals surface area contributed by atoms with Crippen LogP contribution in [0.3, 0.4) is 0 Å². The summed E-state index contributed by atoms with van der Waals surface area (Å²) in [5.74, 6) is -0.822. The highest BCUT2D eigenvalue weighted by atomic mass is 127. The van der Waals surface area contributed by atoms with Crippen LogP contribution in [0.15, 0.2) is 21.5 Å². The Morgan fingerprint density at radius 1 is 1.46 bits per heavy atom. The molecule has 13 heavy (non-hydrogen) atoms. The molecular formula is C6H4BrFINO2S. The number of halogens is 3. The lowest BCUT2D eigenvalue weighted by Gasteiger charge is -2.03. The molecule has 0 amide bonds. The summed E-state index contributed by atoms with van der Waals surface area (Å²) in [5.41, 5.74) is 0. The zero-order valence-corrected chi connectivity index (χ0v) is 10.7. The number of hydrogen-bond acceptors (Lipinski definition) is 2. The molecule has 7 heteroatoms. The van der Waals surface area contributed by atoms with Gasteiger partial charge in [-0.15, -0.1) is 0 Å². The van der Waals surface area contributed by atoms with Crippen LogP contribution in [0.1, 0.15) is 0 Å². The minimum absolute atomic E-state index is 0.198. The Hall–Kier alpha value is 0.270. The van der Waals surface area contributed by atoms with E-state index in [1.54, 1.807) is 22.6 Å². The second kappa shape index (κ2) is 3.79. The number of nitrogens with two attached hydrogens (primary N) is 1. The van der Waals surface area contributed by atoms with Crippen molar-refractivity contribution in [3.05, 3.63) is 26.0 Å². The molecule has 0 aromatic heterocycles. The first-order chi connectivity index (χ1) is 5.84. The Bertz CT molecular complexity index is 448. The molecule has 1 rings (SSSR count). The van der Waals surface area contributed by atoms with E-state index in [2.05, 4.69) is 15.9 Å². The lowest BCUT2D eigenvalue weighted by molar-refractivity contribution is 0.563. The number of benzene rings is 1.